The minimum Gasteiger partial charge on any atom is -0.368 e. The molecule has 0 saturated heterocycles. The zero-order valence-electron chi connectivity index (χ0n) is 8.14. The highest BCUT2D eigenvalue weighted by Crippen LogP contribution is 2.10. The topological polar surface area (TPSA) is 63.4 Å². The molecule has 2 amide bonds. The molecule has 0 aromatic carbocycles. The van der Waals surface area contributed by atoms with Crippen molar-refractivity contribution < 1.29 is 9.59 Å². The van der Waals surface area contributed by atoms with Crippen molar-refractivity contribution in [3.63, 3.8) is 0 Å². The molecule has 4 heteroatoms. The molecule has 1 rings (SSSR count). The van der Waals surface area contributed by atoms with Crippen LogP contribution in [-0.4, -0.2) is 22.8 Å². The fourth-order valence-electron chi connectivity index (χ4n) is 1.39. The Labute approximate surface area is 83.1 Å². The van der Waals surface area contributed by atoms with Crippen LogP contribution in [0, 0.1) is 0 Å². The largest absolute Gasteiger partial charge is 0.368 e. The Morgan fingerprint density at radius 1 is 1.64 bits per heavy atom. The molecule has 0 bridgehead atoms. The first-order valence-electron chi connectivity index (χ1n) is 4.60. The SMILES string of the molecule is CC[C@@H](C(N)=O)N1C=CC=CCC1=O. The van der Waals surface area contributed by atoms with Gasteiger partial charge in [-0.05, 0) is 12.5 Å². The van der Waals surface area contributed by atoms with Crippen molar-refractivity contribution in [1.82, 2.24) is 4.90 Å². The Balaban J connectivity index is 2.83. The number of nitrogens with zero attached hydrogens (tertiary/aromatic N) is 1. The summed E-state index contributed by atoms with van der Waals surface area (Å²) in [7, 11) is 0. The fourth-order valence-corrected chi connectivity index (χ4v) is 1.39. The Morgan fingerprint density at radius 2 is 2.36 bits per heavy atom. The summed E-state index contributed by atoms with van der Waals surface area (Å²) in [4.78, 5) is 24.0. The number of carbonyl (C=O) groups excluding carboxylic acids is 2. The molecule has 14 heavy (non-hydrogen) atoms. The standard InChI is InChI=1S/C10H14N2O2/c1-2-8(10(11)14)12-7-5-3-4-6-9(12)13/h3-5,7-8H,2,6H2,1H3,(H2,11,14)/t8-/m0/s1. The maximum absolute atomic E-state index is 11.5. The number of primary amides is 1. The molecule has 1 aliphatic heterocycles. The molecule has 2 N–H and O–H groups in total. The van der Waals surface area contributed by atoms with E-state index < -0.39 is 11.9 Å². The third kappa shape index (κ3) is 2.22. The van der Waals surface area contributed by atoms with Gasteiger partial charge < -0.3 is 10.6 Å². The molecule has 0 aliphatic carbocycles. The highest BCUT2D eigenvalue weighted by Gasteiger charge is 2.24. The van der Waals surface area contributed by atoms with E-state index >= 15 is 0 Å². The normalized spacial score (nSPS) is 18.1. The first kappa shape index (κ1) is 10.5. The molecule has 0 saturated carbocycles. The van der Waals surface area contributed by atoms with Crippen LogP contribution in [0.25, 0.3) is 0 Å². The molecule has 0 spiro atoms. The third-order valence-electron chi connectivity index (χ3n) is 2.13. The number of rotatable bonds is 3. The minimum absolute atomic E-state index is 0.0966. The van der Waals surface area contributed by atoms with E-state index in [1.165, 1.54) is 4.90 Å². The quantitative estimate of drug-likeness (QED) is 0.713. The summed E-state index contributed by atoms with van der Waals surface area (Å²) in [5.74, 6) is -0.562. The molecule has 0 aromatic heterocycles. The summed E-state index contributed by atoms with van der Waals surface area (Å²) in [6, 6.07) is -0.529. The Morgan fingerprint density at radius 3 is 2.93 bits per heavy atom. The lowest BCUT2D eigenvalue weighted by Gasteiger charge is -2.24. The number of allylic oxidation sites excluding steroid dienone is 2. The molecule has 0 radical (unpaired) electrons. The van der Waals surface area contributed by atoms with Crippen LogP contribution in [-0.2, 0) is 9.59 Å². The van der Waals surface area contributed by atoms with Gasteiger partial charge in [0.1, 0.15) is 6.04 Å². The summed E-state index contributed by atoms with van der Waals surface area (Å²) in [5, 5.41) is 0. The maximum atomic E-state index is 11.5. The molecule has 0 fully saturated rings. The second-order valence-corrected chi connectivity index (χ2v) is 3.10. The smallest absolute Gasteiger partial charge is 0.240 e. The average molecular weight is 194 g/mol. The van der Waals surface area contributed by atoms with Crippen LogP contribution in [0.15, 0.2) is 24.4 Å². The molecule has 1 atom stereocenters. The van der Waals surface area contributed by atoms with Crippen LogP contribution in [0.5, 0.6) is 0 Å². The molecule has 0 aromatic rings. The summed E-state index contributed by atoms with van der Waals surface area (Å²) in [6.45, 7) is 1.83. The van der Waals surface area contributed by atoms with E-state index in [2.05, 4.69) is 0 Å². The van der Waals surface area contributed by atoms with E-state index in [0.717, 1.165) is 0 Å². The van der Waals surface area contributed by atoms with Gasteiger partial charge in [-0.1, -0.05) is 19.1 Å². The number of carbonyl (C=O) groups is 2. The van der Waals surface area contributed by atoms with Gasteiger partial charge in [0, 0.05) is 12.6 Å². The van der Waals surface area contributed by atoms with Crippen LogP contribution < -0.4 is 5.73 Å². The zero-order chi connectivity index (χ0) is 10.6. The van der Waals surface area contributed by atoms with Crippen LogP contribution in [0.4, 0.5) is 0 Å². The second kappa shape index (κ2) is 4.60. The van der Waals surface area contributed by atoms with Crippen molar-refractivity contribution in [1.29, 1.82) is 0 Å². The lowest BCUT2D eigenvalue weighted by molar-refractivity contribution is -0.135. The molecular weight excluding hydrogens is 180 g/mol. The van der Waals surface area contributed by atoms with Gasteiger partial charge in [-0.3, -0.25) is 9.59 Å². The zero-order valence-corrected chi connectivity index (χ0v) is 8.14. The van der Waals surface area contributed by atoms with Gasteiger partial charge in [0.25, 0.3) is 0 Å². The summed E-state index contributed by atoms with van der Waals surface area (Å²) >= 11 is 0. The molecule has 4 nitrogen and oxygen atoms in total. The van der Waals surface area contributed by atoms with E-state index in [9.17, 15) is 9.59 Å². The molecule has 76 valence electrons. The summed E-state index contributed by atoms with van der Waals surface area (Å²) < 4.78 is 0. The Bertz CT molecular complexity index is 294. The number of hydrogen-bond acceptors (Lipinski definition) is 2. The third-order valence-corrected chi connectivity index (χ3v) is 2.13. The van der Waals surface area contributed by atoms with Crippen molar-refractivity contribution >= 4 is 11.8 Å². The van der Waals surface area contributed by atoms with Gasteiger partial charge in [0.05, 0.1) is 0 Å². The fraction of sp³-hybridized carbons (Fsp3) is 0.400. The summed E-state index contributed by atoms with van der Waals surface area (Å²) in [6.07, 6.45) is 7.72. The monoisotopic (exact) mass is 194 g/mol. The lowest BCUT2D eigenvalue weighted by Crippen LogP contribution is -2.44. The maximum Gasteiger partial charge on any atom is 0.240 e. The predicted octanol–water partition coefficient (Wildman–Crippen LogP) is 0.552. The van der Waals surface area contributed by atoms with Gasteiger partial charge >= 0.3 is 0 Å². The van der Waals surface area contributed by atoms with Crippen molar-refractivity contribution in [2.45, 2.75) is 25.8 Å². The number of amides is 2. The average Bonchev–Trinajstić information content (AvgIpc) is 2.33. The van der Waals surface area contributed by atoms with Crippen molar-refractivity contribution in [3.05, 3.63) is 24.4 Å². The Hall–Kier alpha value is -1.58. The lowest BCUT2D eigenvalue weighted by atomic mass is 10.2. The van der Waals surface area contributed by atoms with Crippen LogP contribution >= 0.6 is 0 Å². The van der Waals surface area contributed by atoms with Gasteiger partial charge in [-0.25, -0.2) is 0 Å². The van der Waals surface area contributed by atoms with E-state index in [4.69, 9.17) is 5.73 Å². The van der Waals surface area contributed by atoms with E-state index in [1.807, 2.05) is 6.92 Å². The van der Waals surface area contributed by atoms with Crippen LogP contribution in [0.1, 0.15) is 19.8 Å². The van der Waals surface area contributed by atoms with Crippen LogP contribution in [0.3, 0.4) is 0 Å². The highest BCUT2D eigenvalue weighted by atomic mass is 16.2. The highest BCUT2D eigenvalue weighted by molar-refractivity contribution is 5.88. The minimum atomic E-state index is -0.529. The summed E-state index contributed by atoms with van der Waals surface area (Å²) in [5.41, 5.74) is 5.20. The first-order chi connectivity index (χ1) is 6.66. The molecule has 1 aliphatic rings. The Kier molecular flexibility index (Phi) is 3.45. The van der Waals surface area contributed by atoms with Crippen molar-refractivity contribution in [2.24, 2.45) is 5.73 Å². The van der Waals surface area contributed by atoms with Crippen molar-refractivity contribution in [2.75, 3.05) is 0 Å². The number of hydrogen-bond donors (Lipinski definition) is 1. The van der Waals surface area contributed by atoms with Gasteiger partial charge in [-0.15, -0.1) is 0 Å². The van der Waals surface area contributed by atoms with E-state index in [1.54, 1.807) is 24.4 Å². The van der Waals surface area contributed by atoms with Gasteiger partial charge in [0.2, 0.25) is 11.8 Å². The number of nitrogens with two attached hydrogens (primary N) is 1. The molecule has 1 heterocycles. The van der Waals surface area contributed by atoms with E-state index in [-0.39, 0.29) is 5.91 Å². The molecule has 0 unspecified atom stereocenters. The molecular formula is C10H14N2O2. The van der Waals surface area contributed by atoms with Crippen molar-refractivity contribution in [3.8, 4) is 0 Å². The van der Waals surface area contributed by atoms with E-state index in [0.29, 0.717) is 12.8 Å². The van der Waals surface area contributed by atoms with Gasteiger partial charge in [0.15, 0.2) is 0 Å². The second-order valence-electron chi connectivity index (χ2n) is 3.10. The van der Waals surface area contributed by atoms with Gasteiger partial charge in [-0.2, -0.15) is 0 Å². The predicted molar refractivity (Wildman–Crippen MR) is 53.0 cm³/mol. The first-order valence-corrected chi connectivity index (χ1v) is 4.60. The van der Waals surface area contributed by atoms with Crippen LogP contribution in [0.2, 0.25) is 0 Å².